The van der Waals surface area contributed by atoms with Crippen LogP contribution in [0.3, 0.4) is 0 Å². The first-order valence-electron chi connectivity index (χ1n) is 28.5. The number of hydrogen-bond donors (Lipinski definition) is 19. The number of primary amides is 4. The molecule has 0 radical (unpaired) electrons. The van der Waals surface area contributed by atoms with Crippen LogP contribution in [0.2, 0.25) is 0 Å². The molecule has 0 spiro atoms. The smallest absolute Gasteiger partial charge is 0.426 e. The molecule has 0 unspecified atom stereocenters. The van der Waals surface area contributed by atoms with Crippen molar-refractivity contribution in [3.63, 3.8) is 0 Å². The molecular weight excluding hydrogens is 1180 g/mol. The summed E-state index contributed by atoms with van der Waals surface area (Å²) in [5.74, 6) is -10.3. The molecule has 0 aromatic heterocycles. The van der Waals surface area contributed by atoms with Crippen LogP contribution in [0.1, 0.15) is 111 Å². The molecule has 0 aliphatic rings. The Labute approximate surface area is 527 Å². The number of benzene rings is 5. The number of nitrogens with two attached hydrogens (primary N) is 4. The van der Waals surface area contributed by atoms with E-state index in [1.54, 1.807) is 37.3 Å². The van der Waals surface area contributed by atoms with E-state index in [0.717, 1.165) is 33.9 Å². The van der Waals surface area contributed by atoms with Crippen molar-refractivity contribution in [3.05, 3.63) is 144 Å². The molecule has 0 aliphatic heterocycles. The van der Waals surface area contributed by atoms with Crippen LogP contribution in [0.15, 0.2) is 127 Å². The zero-order chi connectivity index (χ0) is 68.8. The Morgan fingerprint density at radius 3 is 1.15 bits per heavy atom. The molecule has 5 aromatic rings. The number of Topliss-reactive ketones (excluding diaryl/α,β-unsaturated/α-hetero) is 1. The third-order valence-electron chi connectivity index (χ3n) is 12.4. The van der Waals surface area contributed by atoms with Crippen LogP contribution in [-0.4, -0.2) is 174 Å². The van der Waals surface area contributed by atoms with Gasteiger partial charge in [0, 0.05) is 62.5 Å². The van der Waals surface area contributed by atoms with Crippen molar-refractivity contribution in [2.75, 3.05) is 0 Å². The van der Waals surface area contributed by atoms with E-state index in [4.69, 9.17) is 63.1 Å². The number of carbonyl (C=O) groups excluding carboxylic acids is 10. The Bertz CT molecular complexity index is 3090. The van der Waals surface area contributed by atoms with Crippen molar-refractivity contribution < 1.29 is 98.2 Å². The maximum atomic E-state index is 12.1. The summed E-state index contributed by atoms with van der Waals surface area (Å²) in [6.07, 6.45) is 1.43. The molecule has 0 saturated carbocycles. The molecule has 0 fully saturated rings. The van der Waals surface area contributed by atoms with Crippen LogP contribution >= 0.6 is 0 Å². The van der Waals surface area contributed by atoms with Gasteiger partial charge in [0.05, 0.1) is 29.7 Å². The Kier molecular flexibility index (Phi) is 38.6. The lowest BCUT2D eigenvalue weighted by Gasteiger charge is -2.16. The summed E-state index contributed by atoms with van der Waals surface area (Å²) in [6, 6.07) is 39.1. The second-order valence-electron chi connectivity index (χ2n) is 20.3. The third-order valence-corrected chi connectivity index (χ3v) is 12.4. The zero-order valence-corrected chi connectivity index (χ0v) is 50.5. The third kappa shape index (κ3) is 35.2. The van der Waals surface area contributed by atoms with Gasteiger partial charge in [-0.3, -0.25) is 47.9 Å². The summed E-state index contributed by atoms with van der Waals surface area (Å²) in [5.41, 5.74) is 23.6. The van der Waals surface area contributed by atoms with Gasteiger partial charge in [-0.05, 0) is 77.9 Å². The van der Waals surface area contributed by atoms with E-state index in [1.807, 2.05) is 104 Å². The predicted octanol–water partition coefficient (Wildman–Crippen LogP) is -3.42. The van der Waals surface area contributed by atoms with Crippen molar-refractivity contribution >= 4 is 105 Å². The van der Waals surface area contributed by atoms with E-state index in [9.17, 15) is 58.0 Å². The molecule has 5 atom stereocenters. The fourth-order valence-corrected chi connectivity index (χ4v) is 7.80. The highest BCUT2D eigenvalue weighted by molar-refractivity contribution is 6.45. The molecule has 0 bridgehead atoms. The Balaban J connectivity index is 0.000000579. The van der Waals surface area contributed by atoms with Gasteiger partial charge in [0.25, 0.3) is 11.8 Å². The van der Waals surface area contributed by atoms with Crippen LogP contribution < -0.4 is 49.5 Å². The van der Waals surface area contributed by atoms with Crippen LogP contribution in [0.5, 0.6) is 0 Å². The molecule has 0 heterocycles. The van der Waals surface area contributed by atoms with Crippen LogP contribution in [-0.2, 0) is 44.8 Å². The molecule has 5 rings (SSSR count). The van der Waals surface area contributed by atoms with E-state index in [2.05, 4.69) is 26.6 Å². The van der Waals surface area contributed by atoms with Crippen LogP contribution in [0.4, 0.5) is 0 Å². The van der Waals surface area contributed by atoms with E-state index >= 15 is 0 Å². The minimum absolute atomic E-state index is 0.133. The van der Waals surface area contributed by atoms with Crippen molar-refractivity contribution in [3.8, 4) is 11.1 Å². The number of carbonyl (C=O) groups is 10. The molecule has 0 saturated heterocycles. The summed E-state index contributed by atoms with van der Waals surface area (Å²) in [5, 5.41) is 104. The fourth-order valence-electron chi connectivity index (χ4n) is 7.80. The lowest BCUT2D eigenvalue weighted by atomic mass is 9.76. The lowest BCUT2D eigenvalue weighted by molar-refractivity contribution is -0.123. The first kappa shape index (κ1) is 80.2. The molecule has 0 aliphatic carbocycles. The minimum Gasteiger partial charge on any atom is -0.426 e. The maximum absolute atomic E-state index is 12.1. The quantitative estimate of drug-likeness (QED) is 0.0199. The van der Waals surface area contributed by atoms with E-state index in [1.165, 1.54) is 6.92 Å². The fraction of sp³-hybridized carbons (Fsp3) is 0.333. The van der Waals surface area contributed by atoms with Gasteiger partial charge < -0.3 is 99.8 Å². The number of aryl methyl sites for hydroxylation is 1. The van der Waals surface area contributed by atoms with E-state index in [0.29, 0.717) is 24.0 Å². The average molecular weight is 1270 g/mol. The summed E-state index contributed by atoms with van der Waals surface area (Å²) < 4.78 is 0. The number of amides is 9. The number of hydrogen-bond acceptors (Lipinski definition) is 20. The molecule has 5 aromatic carbocycles. The lowest BCUT2D eigenvalue weighted by Crippen LogP contribution is -2.48. The number of ketones is 1. The predicted molar refractivity (Wildman–Crippen MR) is 340 cm³/mol. The molecule has 9 amide bonds. The van der Waals surface area contributed by atoms with Crippen molar-refractivity contribution in [2.45, 2.75) is 121 Å². The first-order chi connectivity index (χ1) is 42.9. The van der Waals surface area contributed by atoms with E-state index in [-0.39, 0.29) is 74.9 Å². The molecule has 34 heteroatoms. The topological polar surface area (TPSA) is 537 Å². The SMILES string of the molecule is CC(=O)C[C@@H](NC(=O)c1ccc(-c2ccccc2)cc1)B(O)O.CCC(=O)N[C@H](CC(N)=O)B(O)O.CCCC(=O)N[C@H](CC(N)=O)B(O)O.NC(=O)C[C@@H](NC(=O)CCCc1ccccc1)B(O)O.NC(=O)C[C@@H](NC(=O)c1ccc2ccccc2c1)B(O)O. The van der Waals surface area contributed by atoms with Crippen LogP contribution in [0.25, 0.3) is 21.9 Å². The van der Waals surface area contributed by atoms with Crippen molar-refractivity contribution in [2.24, 2.45) is 22.9 Å². The average Bonchev–Trinajstić information content (AvgIpc) is 1.44. The van der Waals surface area contributed by atoms with Gasteiger partial charge in [0.15, 0.2) is 0 Å². The van der Waals surface area contributed by atoms with Gasteiger partial charge in [0.1, 0.15) is 5.78 Å². The largest absolute Gasteiger partial charge is 0.476 e. The zero-order valence-electron chi connectivity index (χ0n) is 50.5. The van der Waals surface area contributed by atoms with Gasteiger partial charge in [-0.1, -0.05) is 117 Å². The highest BCUT2D eigenvalue weighted by atomic mass is 16.4. The summed E-state index contributed by atoms with van der Waals surface area (Å²) >= 11 is 0. The van der Waals surface area contributed by atoms with Gasteiger partial charge in [0.2, 0.25) is 41.4 Å². The molecule has 488 valence electrons. The van der Waals surface area contributed by atoms with Crippen LogP contribution in [0, 0.1) is 0 Å². The summed E-state index contributed by atoms with van der Waals surface area (Å²) in [4.78, 5) is 111. The van der Waals surface area contributed by atoms with Gasteiger partial charge >= 0.3 is 35.6 Å². The monoisotopic (exact) mass is 1270 g/mol. The van der Waals surface area contributed by atoms with E-state index < -0.39 is 101 Å². The molecule has 23 N–H and O–H groups in total. The highest BCUT2D eigenvalue weighted by Gasteiger charge is 2.31. The van der Waals surface area contributed by atoms with Gasteiger partial charge in [-0.2, -0.15) is 0 Å². The second kappa shape index (κ2) is 43.8. The number of fused-ring (bicyclic) bond motifs is 1. The Morgan fingerprint density at radius 2 is 0.747 bits per heavy atom. The summed E-state index contributed by atoms with van der Waals surface area (Å²) in [6.45, 7) is 4.76. The minimum atomic E-state index is -1.86. The molecule has 29 nitrogen and oxygen atoms in total. The maximum Gasteiger partial charge on any atom is 0.476 e. The van der Waals surface area contributed by atoms with Gasteiger partial charge in [-0.15, -0.1) is 0 Å². The Morgan fingerprint density at radius 1 is 0.396 bits per heavy atom. The van der Waals surface area contributed by atoms with Crippen molar-refractivity contribution in [1.82, 2.24) is 26.6 Å². The van der Waals surface area contributed by atoms with Crippen molar-refractivity contribution in [1.29, 1.82) is 0 Å². The summed E-state index contributed by atoms with van der Waals surface area (Å²) in [7, 11) is -9.00. The molecular formula is C57H80B5N9O20. The van der Waals surface area contributed by atoms with Gasteiger partial charge in [-0.25, -0.2) is 0 Å². The first-order valence-corrected chi connectivity index (χ1v) is 28.5. The second-order valence-corrected chi connectivity index (χ2v) is 20.3. The number of rotatable bonds is 30. The normalized spacial score (nSPS) is 11.8. The standard InChI is InChI=1S/C17H18BNO4.C14H15BN2O4.C13H19BN2O4.C7H15BN2O4.C6H13BN2O4/c1-12(20)11-16(18(22)23)19-17(21)15-9-7-14(8-10-15)13-5-3-2-4-6-13;16-13(18)8-12(15(20)21)17-14(19)11-6-5-9-3-1-2-4-10(9)7-11;15-12(17)9-11(14(19)20)16-13(18)8-4-7-10-5-2-1-3-6-10;1-2-3-7(12)10-5(8(13)14)4-6(9)11;1-2-6(11)9-4(7(12)13)3-5(8)10/h2-10,16,22-23H,11H2,1H3,(H,19,21);1-7,12,20-21H,8H2,(H2,16,18)(H,17,19);1-3,5-6,11,19-20H,4,7-9H2,(H2,15,17)(H,16,18);5,13-14H,2-4H2,1H3,(H2,9,11)(H,10,12);4,12-13H,2-3H2,1H3,(H2,8,10)(H,9,11)/t16-;12-;11-;5-;4-/m11111/s1. The highest BCUT2D eigenvalue weighted by Crippen LogP contribution is 2.20. The Hall–Kier alpha value is -8.82. The molecule has 91 heavy (non-hydrogen) atoms. The number of nitrogens with one attached hydrogen (secondary N) is 5.